The number of nitrogens with zero attached hydrogens (tertiary/aromatic N) is 1. The average molecular weight is 488 g/mol. The minimum Gasteiger partial charge on any atom is -0.493 e. The number of alkyl halides is 1. The van der Waals surface area contributed by atoms with Gasteiger partial charge in [0.05, 0.1) is 18.5 Å². The molecule has 0 N–H and O–H groups in total. The maximum atomic E-state index is 12.6. The molecule has 0 bridgehead atoms. The lowest BCUT2D eigenvalue weighted by Gasteiger charge is -2.42. The molecule has 0 fully saturated rings. The summed E-state index contributed by atoms with van der Waals surface area (Å²) in [7, 11) is 1.52. The predicted molar refractivity (Wildman–Crippen MR) is 117 cm³/mol. The molecule has 0 aromatic heterocycles. The summed E-state index contributed by atoms with van der Waals surface area (Å²) in [5, 5.41) is 0.244. The third-order valence-electron chi connectivity index (χ3n) is 5.62. The molecule has 8 heteroatoms. The molecular weight excluding hydrogens is 466 g/mol. The Kier molecular flexibility index (Phi) is 5.75. The molecule has 1 aliphatic heterocycles. The average Bonchev–Trinajstić information content (AvgIpc) is 2.72. The molecule has 2 aromatic carbocycles. The van der Waals surface area contributed by atoms with E-state index in [2.05, 4.69) is 15.9 Å². The fraction of sp³-hybridized carbons (Fsp3) is 0.348. The molecule has 0 saturated carbocycles. The van der Waals surface area contributed by atoms with Crippen LogP contribution in [0.25, 0.3) is 11.1 Å². The molecule has 2 aromatic rings. The van der Waals surface area contributed by atoms with E-state index in [1.165, 1.54) is 21.0 Å². The lowest BCUT2D eigenvalue weighted by atomic mass is 9.76. The van der Waals surface area contributed by atoms with Crippen LogP contribution in [0.3, 0.4) is 0 Å². The van der Waals surface area contributed by atoms with Crippen molar-refractivity contribution in [2.24, 2.45) is 0 Å². The first-order valence-corrected chi connectivity index (χ1v) is 11.1. The number of benzene rings is 2. The molecule has 1 atom stereocenters. The molecule has 1 aliphatic carbocycles. The van der Waals surface area contributed by atoms with Gasteiger partial charge < -0.3 is 19.1 Å². The summed E-state index contributed by atoms with van der Waals surface area (Å²) in [5.41, 5.74) is 4.44. The Morgan fingerprint density at radius 2 is 1.84 bits per heavy atom. The lowest BCUT2D eigenvalue weighted by Crippen LogP contribution is -2.43. The van der Waals surface area contributed by atoms with Gasteiger partial charge in [-0.05, 0) is 53.3 Å². The fourth-order valence-corrected chi connectivity index (χ4v) is 4.86. The fourth-order valence-electron chi connectivity index (χ4n) is 4.54. The number of esters is 2. The number of amides is 1. The van der Waals surface area contributed by atoms with E-state index in [1.54, 1.807) is 12.1 Å². The van der Waals surface area contributed by atoms with Crippen LogP contribution in [0.5, 0.6) is 17.2 Å². The number of fused-ring (bicyclic) bond motifs is 2. The molecule has 1 unspecified atom stereocenters. The van der Waals surface area contributed by atoms with E-state index in [4.69, 9.17) is 14.2 Å². The Bertz CT molecular complexity index is 1100. The molecular formula is C23H22BrNO6. The number of hydrogen-bond acceptors (Lipinski definition) is 6. The van der Waals surface area contributed by atoms with Gasteiger partial charge in [0.25, 0.3) is 0 Å². The SMILES string of the molecule is COc1ccc2c(c1OC(C)=O)-c1cc(OC(C)=O)cc3c1C(C2)N(C(=O)CBr)CC3. The normalized spacial score (nSPS) is 16.1. The zero-order valence-corrected chi connectivity index (χ0v) is 19.1. The van der Waals surface area contributed by atoms with E-state index in [9.17, 15) is 14.4 Å². The highest BCUT2D eigenvalue weighted by Gasteiger charge is 2.38. The highest BCUT2D eigenvalue weighted by molar-refractivity contribution is 9.09. The molecule has 2 aliphatic rings. The Morgan fingerprint density at radius 1 is 1.10 bits per heavy atom. The van der Waals surface area contributed by atoms with E-state index in [1.807, 2.05) is 17.0 Å². The van der Waals surface area contributed by atoms with E-state index in [-0.39, 0.29) is 17.3 Å². The molecule has 4 rings (SSSR count). The topological polar surface area (TPSA) is 82.1 Å². The second kappa shape index (κ2) is 8.34. The van der Waals surface area contributed by atoms with Crippen molar-refractivity contribution in [2.45, 2.75) is 32.7 Å². The minimum absolute atomic E-state index is 0.0165. The van der Waals surface area contributed by atoms with Crippen molar-refractivity contribution in [3.8, 4) is 28.4 Å². The summed E-state index contributed by atoms with van der Waals surface area (Å²) in [4.78, 5) is 38.0. The van der Waals surface area contributed by atoms with Gasteiger partial charge in [0.1, 0.15) is 5.75 Å². The van der Waals surface area contributed by atoms with Crippen LogP contribution in [-0.2, 0) is 27.2 Å². The first-order chi connectivity index (χ1) is 14.8. The van der Waals surface area contributed by atoms with Gasteiger partial charge >= 0.3 is 11.9 Å². The van der Waals surface area contributed by atoms with Gasteiger partial charge in [-0.25, -0.2) is 0 Å². The van der Waals surface area contributed by atoms with Gasteiger partial charge in [0.15, 0.2) is 11.5 Å². The van der Waals surface area contributed by atoms with Crippen LogP contribution in [0.15, 0.2) is 24.3 Å². The van der Waals surface area contributed by atoms with Crippen LogP contribution in [-0.4, -0.2) is 41.7 Å². The maximum absolute atomic E-state index is 12.6. The Hall–Kier alpha value is -2.87. The van der Waals surface area contributed by atoms with Crippen molar-refractivity contribution in [1.29, 1.82) is 0 Å². The van der Waals surface area contributed by atoms with Crippen LogP contribution in [0.1, 0.15) is 36.6 Å². The second-order valence-electron chi connectivity index (χ2n) is 7.55. The number of rotatable bonds is 4. The zero-order valence-electron chi connectivity index (χ0n) is 17.5. The molecule has 0 radical (unpaired) electrons. The van der Waals surface area contributed by atoms with Crippen molar-refractivity contribution in [3.05, 3.63) is 41.0 Å². The van der Waals surface area contributed by atoms with Gasteiger partial charge in [-0.15, -0.1) is 0 Å². The number of carbonyl (C=O) groups is 3. The number of methoxy groups -OCH3 is 1. The summed E-state index contributed by atoms with van der Waals surface area (Å²) in [5.74, 6) is 0.320. The quantitative estimate of drug-likeness (QED) is 0.372. The third kappa shape index (κ3) is 3.80. The van der Waals surface area contributed by atoms with Crippen molar-refractivity contribution in [1.82, 2.24) is 4.90 Å². The number of hydrogen-bond donors (Lipinski definition) is 0. The smallest absolute Gasteiger partial charge is 0.308 e. The first kappa shape index (κ1) is 21.4. The van der Waals surface area contributed by atoms with Crippen LogP contribution in [0, 0.1) is 0 Å². The number of carbonyl (C=O) groups excluding carboxylic acids is 3. The zero-order chi connectivity index (χ0) is 22.3. The molecule has 0 saturated heterocycles. The molecule has 1 amide bonds. The summed E-state index contributed by atoms with van der Waals surface area (Å²) >= 11 is 3.29. The molecule has 0 spiro atoms. The largest absolute Gasteiger partial charge is 0.493 e. The lowest BCUT2D eigenvalue weighted by molar-refractivity contribution is -0.132. The first-order valence-electron chi connectivity index (χ1n) is 9.93. The Morgan fingerprint density at radius 3 is 2.48 bits per heavy atom. The number of ether oxygens (including phenoxy) is 3. The maximum Gasteiger partial charge on any atom is 0.308 e. The highest BCUT2D eigenvalue weighted by Crippen LogP contribution is 2.52. The Balaban J connectivity index is 1.99. The van der Waals surface area contributed by atoms with E-state index in [0.29, 0.717) is 36.6 Å². The molecule has 162 valence electrons. The van der Waals surface area contributed by atoms with Crippen molar-refractivity contribution < 1.29 is 28.6 Å². The minimum atomic E-state index is -0.463. The van der Waals surface area contributed by atoms with Gasteiger partial charge in [-0.3, -0.25) is 14.4 Å². The van der Waals surface area contributed by atoms with Crippen molar-refractivity contribution in [3.63, 3.8) is 0 Å². The van der Waals surface area contributed by atoms with E-state index < -0.39 is 11.9 Å². The molecule has 1 heterocycles. The summed E-state index contributed by atoms with van der Waals surface area (Å²) in [6.45, 7) is 3.27. The van der Waals surface area contributed by atoms with E-state index >= 15 is 0 Å². The molecule has 7 nitrogen and oxygen atoms in total. The highest BCUT2D eigenvalue weighted by atomic mass is 79.9. The molecule has 31 heavy (non-hydrogen) atoms. The van der Waals surface area contributed by atoms with Gasteiger partial charge in [-0.1, -0.05) is 22.0 Å². The summed E-state index contributed by atoms with van der Waals surface area (Å²) in [6, 6.07) is 7.17. The third-order valence-corrected chi connectivity index (χ3v) is 6.10. The predicted octanol–water partition coefficient (Wildman–Crippen LogP) is 3.59. The summed E-state index contributed by atoms with van der Waals surface area (Å²) in [6.07, 6.45) is 1.22. The van der Waals surface area contributed by atoms with Crippen LogP contribution >= 0.6 is 15.9 Å². The van der Waals surface area contributed by atoms with Crippen LogP contribution in [0.2, 0.25) is 0 Å². The van der Waals surface area contributed by atoms with Gasteiger partial charge in [-0.2, -0.15) is 0 Å². The van der Waals surface area contributed by atoms with Gasteiger partial charge in [0.2, 0.25) is 5.91 Å². The summed E-state index contributed by atoms with van der Waals surface area (Å²) < 4.78 is 16.4. The number of halogens is 1. The van der Waals surface area contributed by atoms with Crippen LogP contribution in [0.4, 0.5) is 0 Å². The van der Waals surface area contributed by atoms with Crippen molar-refractivity contribution >= 4 is 33.8 Å². The van der Waals surface area contributed by atoms with Gasteiger partial charge in [0, 0.05) is 26.0 Å². The Labute approximate surface area is 188 Å². The van der Waals surface area contributed by atoms with E-state index in [0.717, 1.165) is 27.8 Å². The van der Waals surface area contributed by atoms with Crippen LogP contribution < -0.4 is 14.2 Å². The standard InChI is InChI=1S/C23H22BrNO6/c1-12(26)30-16-8-15-6-7-25(20(28)11-24)18-9-14-4-5-19(29-3)23(31-13(2)27)22(14)17(10-16)21(15)18/h4-5,8,10,18H,6-7,9,11H2,1-3H3. The second-order valence-corrected chi connectivity index (χ2v) is 8.11. The monoisotopic (exact) mass is 487 g/mol. The van der Waals surface area contributed by atoms with Crippen molar-refractivity contribution in [2.75, 3.05) is 19.0 Å².